The molecule has 44 heavy (non-hydrogen) atoms. The summed E-state index contributed by atoms with van der Waals surface area (Å²) in [7, 11) is 0. The average Bonchev–Trinajstić information content (AvgIpc) is 3.73. The highest BCUT2D eigenvalue weighted by molar-refractivity contribution is 5.75. The Hall–Kier alpha value is -3.45. The van der Waals surface area contributed by atoms with Gasteiger partial charge in [-0.05, 0) is 42.5 Å². The smallest absolute Gasteiger partial charge is 0.320 e. The topological polar surface area (TPSA) is 103 Å². The van der Waals surface area contributed by atoms with Crippen molar-refractivity contribution >= 4 is 6.03 Å². The van der Waals surface area contributed by atoms with Crippen LogP contribution in [0.25, 0.3) is 11.3 Å². The number of imidazole rings is 1. The summed E-state index contributed by atoms with van der Waals surface area (Å²) in [6.07, 6.45) is -0.476. The average molecular weight is 614 g/mol. The summed E-state index contributed by atoms with van der Waals surface area (Å²) in [5.41, 5.74) is 1.15. The third kappa shape index (κ3) is 6.49. The number of carbonyl (C=O) groups is 1. The van der Waals surface area contributed by atoms with Crippen LogP contribution in [0.2, 0.25) is 0 Å². The molecule has 5 atom stereocenters. The first kappa shape index (κ1) is 30.6. The molecule has 12 heteroatoms. The molecule has 0 aliphatic carbocycles. The summed E-state index contributed by atoms with van der Waals surface area (Å²) in [6.45, 7) is 1.79. The number of alkyl halides is 1. The van der Waals surface area contributed by atoms with Crippen LogP contribution in [0.5, 0.6) is 0 Å². The number of aromatic nitrogens is 2. The second-order valence-electron chi connectivity index (χ2n) is 12.0. The van der Waals surface area contributed by atoms with Crippen molar-refractivity contribution in [2.24, 2.45) is 11.8 Å². The minimum absolute atomic E-state index is 0.00346. The van der Waals surface area contributed by atoms with E-state index in [4.69, 9.17) is 9.72 Å². The molecule has 1 unspecified atom stereocenters. The number of aliphatic hydroxyl groups excluding tert-OH is 2. The van der Waals surface area contributed by atoms with Crippen LogP contribution in [0.15, 0.2) is 54.7 Å². The molecule has 3 fully saturated rings. The Labute approximate surface area is 254 Å². The van der Waals surface area contributed by atoms with Crippen LogP contribution < -0.4 is 5.32 Å². The van der Waals surface area contributed by atoms with Gasteiger partial charge in [-0.1, -0.05) is 30.3 Å². The lowest BCUT2D eigenvalue weighted by molar-refractivity contribution is 0.0207. The van der Waals surface area contributed by atoms with Gasteiger partial charge >= 0.3 is 6.03 Å². The Balaban J connectivity index is 1.48. The maximum atomic E-state index is 15.1. The maximum absolute atomic E-state index is 15.1. The Morgan fingerprint density at radius 1 is 1.07 bits per heavy atom. The van der Waals surface area contributed by atoms with Crippen molar-refractivity contribution in [3.05, 3.63) is 77.8 Å². The summed E-state index contributed by atoms with van der Waals surface area (Å²) in [6, 6.07) is 11.7. The van der Waals surface area contributed by atoms with Crippen LogP contribution in [0.1, 0.15) is 30.3 Å². The number of urea groups is 1. The monoisotopic (exact) mass is 613 g/mol. The van der Waals surface area contributed by atoms with Gasteiger partial charge in [0.15, 0.2) is 0 Å². The van der Waals surface area contributed by atoms with Gasteiger partial charge < -0.3 is 34.6 Å². The van der Waals surface area contributed by atoms with Crippen molar-refractivity contribution in [2.75, 3.05) is 45.9 Å². The zero-order chi connectivity index (χ0) is 30.8. The summed E-state index contributed by atoms with van der Waals surface area (Å²) >= 11 is 0. The lowest BCUT2D eigenvalue weighted by Gasteiger charge is -2.41. The molecule has 236 valence electrons. The minimum atomic E-state index is -1.17. The van der Waals surface area contributed by atoms with Crippen LogP contribution in [0, 0.1) is 23.5 Å². The van der Waals surface area contributed by atoms with Crippen molar-refractivity contribution in [2.45, 2.75) is 43.8 Å². The number of halogens is 3. The maximum Gasteiger partial charge on any atom is 0.320 e. The predicted octanol–water partition coefficient (Wildman–Crippen LogP) is 3.36. The molecule has 9 nitrogen and oxygen atoms in total. The van der Waals surface area contributed by atoms with E-state index in [1.54, 1.807) is 11.1 Å². The fourth-order valence-electron chi connectivity index (χ4n) is 6.58. The molecule has 4 heterocycles. The number of ether oxygens (including phenoxy) is 1. The number of benzene rings is 2. The summed E-state index contributed by atoms with van der Waals surface area (Å²) < 4.78 is 52.0. The molecule has 3 aromatic rings. The van der Waals surface area contributed by atoms with Crippen LogP contribution in [0.3, 0.4) is 0 Å². The highest BCUT2D eigenvalue weighted by atomic mass is 19.1. The SMILES string of the molecule is O=C(N1C[C@@H](O)[C@@H](O)C1)N(C[C@@H]1CNC[C@@H]1F)C(c1nc(-c2cc(F)ccc2F)cn1Cc1ccccc1)C1CCOCC1. The first-order valence-electron chi connectivity index (χ1n) is 15.2. The quantitative estimate of drug-likeness (QED) is 0.360. The number of hydrogen-bond donors (Lipinski definition) is 3. The number of nitrogens with zero attached hydrogens (tertiary/aromatic N) is 4. The number of hydrogen-bond acceptors (Lipinski definition) is 6. The summed E-state index contributed by atoms with van der Waals surface area (Å²) in [5.74, 6) is -1.40. The van der Waals surface area contributed by atoms with Crippen LogP contribution in [-0.4, -0.2) is 99.9 Å². The van der Waals surface area contributed by atoms with E-state index in [9.17, 15) is 19.4 Å². The van der Waals surface area contributed by atoms with E-state index in [-0.39, 0.29) is 43.4 Å². The molecule has 3 aliphatic heterocycles. The van der Waals surface area contributed by atoms with Gasteiger partial charge in [-0.15, -0.1) is 0 Å². The molecular formula is C32H38F3N5O4. The van der Waals surface area contributed by atoms with Crippen molar-refractivity contribution in [3.8, 4) is 11.3 Å². The molecule has 2 amide bonds. The largest absolute Gasteiger partial charge is 0.388 e. The number of β-amino-alcohol motifs (C(OH)–C–C–N with tert-alkyl or cyclic N) is 2. The van der Waals surface area contributed by atoms with E-state index in [1.807, 2.05) is 34.9 Å². The molecule has 3 saturated heterocycles. The van der Waals surface area contributed by atoms with Crippen LogP contribution in [0.4, 0.5) is 18.0 Å². The Kier molecular flexibility index (Phi) is 9.22. The summed E-state index contributed by atoms with van der Waals surface area (Å²) in [4.78, 5) is 22.3. The van der Waals surface area contributed by atoms with Gasteiger partial charge in [-0.25, -0.2) is 22.9 Å². The third-order valence-corrected chi connectivity index (χ3v) is 8.98. The standard InChI is InChI=1S/C32H38F3N5O4/c33-23-6-7-25(34)24(12-23)27-17-38(15-20-4-2-1-3-5-20)31(37-27)30(21-8-10-44-11-9-21)40(16-22-13-36-14-26(22)35)32(43)39-18-28(41)29(42)19-39/h1-7,12,17,21-22,26,28-30,36,41-42H,8-11,13-16,18-19H2/t22-,26-,28-,29+,30?/m0/s1. The van der Waals surface area contributed by atoms with Crippen molar-refractivity contribution in [1.82, 2.24) is 24.7 Å². The fourth-order valence-corrected chi connectivity index (χ4v) is 6.58. The number of carbonyl (C=O) groups excluding carboxylic acids is 1. The van der Waals surface area contributed by atoms with E-state index < -0.39 is 48.0 Å². The lowest BCUT2D eigenvalue weighted by atomic mass is 9.89. The predicted molar refractivity (Wildman–Crippen MR) is 156 cm³/mol. The molecule has 1 aromatic heterocycles. The van der Waals surface area contributed by atoms with Gasteiger partial charge in [0.25, 0.3) is 0 Å². The van der Waals surface area contributed by atoms with E-state index in [2.05, 4.69) is 5.32 Å². The third-order valence-electron chi connectivity index (χ3n) is 8.98. The van der Waals surface area contributed by atoms with E-state index in [1.165, 1.54) is 4.90 Å². The molecule has 0 spiro atoms. The zero-order valence-electron chi connectivity index (χ0n) is 24.4. The second-order valence-corrected chi connectivity index (χ2v) is 12.0. The molecule has 3 aliphatic rings. The Morgan fingerprint density at radius 3 is 2.48 bits per heavy atom. The lowest BCUT2D eigenvalue weighted by Crippen LogP contribution is -2.50. The number of aliphatic hydroxyl groups is 2. The first-order valence-corrected chi connectivity index (χ1v) is 15.2. The number of likely N-dealkylation sites (tertiary alicyclic amines) is 1. The van der Waals surface area contributed by atoms with Crippen molar-refractivity contribution in [1.29, 1.82) is 0 Å². The highest BCUT2D eigenvalue weighted by Crippen LogP contribution is 2.39. The van der Waals surface area contributed by atoms with E-state index in [0.717, 1.165) is 23.8 Å². The Morgan fingerprint density at radius 2 is 1.80 bits per heavy atom. The van der Waals surface area contributed by atoms with E-state index in [0.29, 0.717) is 45.0 Å². The number of amides is 2. The van der Waals surface area contributed by atoms with Crippen LogP contribution in [-0.2, 0) is 11.3 Å². The van der Waals surface area contributed by atoms with Crippen LogP contribution >= 0.6 is 0 Å². The molecule has 3 N–H and O–H groups in total. The van der Waals surface area contributed by atoms with Gasteiger partial charge in [0, 0.05) is 57.1 Å². The normalized spacial score (nSPS) is 25.0. The first-order chi connectivity index (χ1) is 21.3. The van der Waals surface area contributed by atoms with Crippen molar-refractivity contribution < 1.29 is 32.9 Å². The molecular weight excluding hydrogens is 575 g/mol. The van der Waals surface area contributed by atoms with Gasteiger partial charge in [-0.3, -0.25) is 0 Å². The van der Waals surface area contributed by atoms with Gasteiger partial charge in [0.1, 0.15) is 23.6 Å². The minimum Gasteiger partial charge on any atom is -0.388 e. The summed E-state index contributed by atoms with van der Waals surface area (Å²) in [5, 5.41) is 23.6. The highest BCUT2D eigenvalue weighted by Gasteiger charge is 2.43. The molecule has 0 saturated carbocycles. The van der Waals surface area contributed by atoms with Gasteiger partial charge in [0.05, 0.1) is 37.0 Å². The van der Waals surface area contributed by atoms with Crippen molar-refractivity contribution in [3.63, 3.8) is 0 Å². The Bertz CT molecular complexity index is 1430. The molecule has 6 rings (SSSR count). The zero-order valence-corrected chi connectivity index (χ0v) is 24.4. The number of rotatable bonds is 8. The second kappa shape index (κ2) is 13.3. The van der Waals surface area contributed by atoms with E-state index >= 15 is 8.78 Å². The van der Waals surface area contributed by atoms with Gasteiger partial charge in [0.2, 0.25) is 0 Å². The molecule has 0 bridgehead atoms. The molecule has 2 aromatic carbocycles. The fraction of sp³-hybridized carbons (Fsp3) is 0.500. The number of nitrogens with one attached hydrogen (secondary N) is 1. The van der Waals surface area contributed by atoms with Gasteiger partial charge in [-0.2, -0.15) is 0 Å². The molecule has 0 radical (unpaired) electrons.